The van der Waals surface area contributed by atoms with Crippen molar-refractivity contribution in [1.29, 1.82) is 0 Å². The van der Waals surface area contributed by atoms with Gasteiger partial charge in [-0.1, -0.05) is 0 Å². The molecule has 0 bridgehead atoms. The largest absolute Gasteiger partial charge is 0.481 e. The molecule has 1 unspecified atom stereocenters. The average Bonchev–Trinajstić information content (AvgIpc) is 2.83. The van der Waals surface area contributed by atoms with Crippen molar-refractivity contribution < 1.29 is 14.6 Å². The van der Waals surface area contributed by atoms with Crippen molar-refractivity contribution in [3.05, 3.63) is 22.4 Å². The third-order valence-corrected chi connectivity index (χ3v) is 2.88. The highest BCUT2D eigenvalue weighted by molar-refractivity contribution is 5.66. The highest BCUT2D eigenvalue weighted by atomic mass is 16.5. The Balaban J connectivity index is 2.08. The quantitative estimate of drug-likeness (QED) is 0.783. The second-order valence-electron chi connectivity index (χ2n) is 4.26. The zero-order valence-corrected chi connectivity index (χ0v) is 9.91. The minimum absolute atomic E-state index is 0.0409. The summed E-state index contributed by atoms with van der Waals surface area (Å²) in [5, 5.41) is 16.0. The summed E-state index contributed by atoms with van der Waals surface area (Å²) in [6.45, 7) is 1.18. The molecule has 98 valence electrons. The van der Waals surface area contributed by atoms with Crippen molar-refractivity contribution in [3.8, 4) is 0 Å². The first-order valence-corrected chi connectivity index (χ1v) is 5.91. The predicted molar refractivity (Wildman–Crippen MR) is 61.2 cm³/mol. The van der Waals surface area contributed by atoms with Gasteiger partial charge in [-0.2, -0.15) is 0 Å². The van der Waals surface area contributed by atoms with Gasteiger partial charge in [-0.05, 0) is 12.8 Å². The lowest BCUT2D eigenvalue weighted by molar-refractivity contribution is -0.136. The Hall–Kier alpha value is -1.76. The molecular weight excluding hydrogens is 238 g/mol. The van der Waals surface area contributed by atoms with E-state index in [0.717, 1.165) is 19.4 Å². The molecule has 1 fully saturated rings. The number of aryl methyl sites for hydroxylation is 1. The molecule has 0 saturated carbocycles. The van der Waals surface area contributed by atoms with Crippen LogP contribution in [-0.2, 0) is 22.5 Å². The van der Waals surface area contributed by atoms with Crippen molar-refractivity contribution in [2.75, 3.05) is 6.61 Å². The standard InChI is InChI=1S/C11H15N3O4/c15-10(16)4-3-9-11(17)14(7-12-13-9)6-8-2-1-5-18-8/h7-8H,1-6H2,(H,15,16). The second-order valence-corrected chi connectivity index (χ2v) is 4.26. The Morgan fingerprint density at radius 2 is 2.44 bits per heavy atom. The SMILES string of the molecule is O=C(O)CCc1nncn(CC2CCCO2)c1=O. The third kappa shape index (κ3) is 3.13. The van der Waals surface area contributed by atoms with Crippen molar-refractivity contribution in [1.82, 2.24) is 14.8 Å². The maximum Gasteiger partial charge on any atom is 0.303 e. The Morgan fingerprint density at radius 1 is 1.61 bits per heavy atom. The number of aromatic nitrogens is 3. The molecule has 1 saturated heterocycles. The summed E-state index contributed by atoms with van der Waals surface area (Å²) in [4.78, 5) is 22.5. The minimum atomic E-state index is -0.953. The first-order valence-electron chi connectivity index (χ1n) is 5.91. The number of nitrogens with zero attached hydrogens (tertiary/aromatic N) is 3. The van der Waals surface area contributed by atoms with E-state index in [1.807, 2.05) is 0 Å². The molecule has 0 aromatic carbocycles. The van der Waals surface area contributed by atoms with Gasteiger partial charge in [0.2, 0.25) is 0 Å². The molecular formula is C11H15N3O4. The second kappa shape index (κ2) is 5.72. The maximum absolute atomic E-state index is 12.0. The zero-order valence-electron chi connectivity index (χ0n) is 9.91. The number of rotatable bonds is 5. The van der Waals surface area contributed by atoms with Crippen molar-refractivity contribution >= 4 is 5.97 Å². The summed E-state index contributed by atoms with van der Waals surface area (Å²) in [5.74, 6) is -0.953. The number of aliphatic carboxylic acids is 1. The summed E-state index contributed by atoms with van der Waals surface area (Å²) in [7, 11) is 0. The number of hydrogen-bond acceptors (Lipinski definition) is 5. The average molecular weight is 253 g/mol. The van der Waals surface area contributed by atoms with E-state index in [4.69, 9.17) is 9.84 Å². The monoisotopic (exact) mass is 253 g/mol. The molecule has 0 amide bonds. The van der Waals surface area contributed by atoms with Gasteiger partial charge in [0.05, 0.1) is 19.1 Å². The van der Waals surface area contributed by atoms with Crippen molar-refractivity contribution in [2.45, 2.75) is 38.3 Å². The fourth-order valence-electron chi connectivity index (χ4n) is 1.94. The van der Waals surface area contributed by atoms with Gasteiger partial charge in [0, 0.05) is 13.0 Å². The van der Waals surface area contributed by atoms with E-state index >= 15 is 0 Å². The van der Waals surface area contributed by atoms with Crippen LogP contribution in [0, 0.1) is 0 Å². The maximum atomic E-state index is 12.0. The van der Waals surface area contributed by atoms with Gasteiger partial charge in [0.1, 0.15) is 12.0 Å². The van der Waals surface area contributed by atoms with Crippen LogP contribution < -0.4 is 5.56 Å². The number of hydrogen-bond donors (Lipinski definition) is 1. The zero-order chi connectivity index (χ0) is 13.0. The van der Waals surface area contributed by atoms with Gasteiger partial charge in [-0.25, -0.2) is 0 Å². The first kappa shape index (κ1) is 12.7. The highest BCUT2D eigenvalue weighted by Crippen LogP contribution is 2.12. The van der Waals surface area contributed by atoms with Crippen LogP contribution >= 0.6 is 0 Å². The lowest BCUT2D eigenvalue weighted by atomic mass is 10.2. The molecule has 1 aliphatic rings. The van der Waals surface area contributed by atoms with Gasteiger partial charge < -0.3 is 9.84 Å². The number of ether oxygens (including phenoxy) is 1. The molecule has 2 rings (SSSR count). The molecule has 1 N–H and O–H groups in total. The number of carboxylic acids is 1. The van der Waals surface area contributed by atoms with E-state index in [9.17, 15) is 9.59 Å². The van der Waals surface area contributed by atoms with Crippen LogP contribution in [0.2, 0.25) is 0 Å². The van der Waals surface area contributed by atoms with Crippen LogP contribution in [0.5, 0.6) is 0 Å². The van der Waals surface area contributed by atoms with Crippen LogP contribution in [0.25, 0.3) is 0 Å². The highest BCUT2D eigenvalue weighted by Gasteiger charge is 2.17. The van der Waals surface area contributed by atoms with Crippen molar-refractivity contribution in [3.63, 3.8) is 0 Å². The molecule has 18 heavy (non-hydrogen) atoms. The molecule has 2 heterocycles. The Morgan fingerprint density at radius 3 is 3.11 bits per heavy atom. The van der Waals surface area contributed by atoms with Crippen LogP contribution in [0.4, 0.5) is 0 Å². The van der Waals surface area contributed by atoms with Crippen LogP contribution in [0.1, 0.15) is 25.0 Å². The Kier molecular flexibility index (Phi) is 4.03. The first-order chi connectivity index (χ1) is 8.66. The van der Waals surface area contributed by atoms with Gasteiger partial charge in [0.25, 0.3) is 5.56 Å². The molecule has 1 aliphatic heterocycles. The van der Waals surface area contributed by atoms with Crippen LogP contribution in [-0.4, -0.2) is 38.6 Å². The van der Waals surface area contributed by atoms with E-state index in [1.165, 1.54) is 10.9 Å². The summed E-state index contributed by atoms with van der Waals surface area (Å²) in [6.07, 6.45) is 3.33. The van der Waals surface area contributed by atoms with Crippen LogP contribution in [0.15, 0.2) is 11.1 Å². The van der Waals surface area contributed by atoms with E-state index in [-0.39, 0.29) is 30.2 Å². The third-order valence-electron chi connectivity index (χ3n) is 2.88. The minimum Gasteiger partial charge on any atom is -0.481 e. The van der Waals surface area contributed by atoms with E-state index in [1.54, 1.807) is 0 Å². The summed E-state index contributed by atoms with van der Waals surface area (Å²) >= 11 is 0. The molecule has 7 nitrogen and oxygen atoms in total. The Bertz CT molecular complexity index is 479. The van der Waals surface area contributed by atoms with Gasteiger partial charge >= 0.3 is 5.97 Å². The molecule has 0 radical (unpaired) electrons. The summed E-state index contributed by atoms with van der Waals surface area (Å²) in [5.41, 5.74) is -0.0837. The Labute approximate surface area is 103 Å². The summed E-state index contributed by atoms with van der Waals surface area (Å²) < 4.78 is 6.89. The fourth-order valence-corrected chi connectivity index (χ4v) is 1.94. The van der Waals surface area contributed by atoms with E-state index < -0.39 is 5.97 Å². The normalized spacial score (nSPS) is 19.0. The topological polar surface area (TPSA) is 94.3 Å². The van der Waals surface area contributed by atoms with Gasteiger partial charge in [-0.3, -0.25) is 14.2 Å². The molecule has 1 aromatic heterocycles. The fraction of sp³-hybridized carbons (Fsp3) is 0.636. The summed E-state index contributed by atoms with van der Waals surface area (Å²) in [6, 6.07) is 0. The molecule has 1 aromatic rings. The predicted octanol–water partition coefficient (Wildman–Crippen LogP) is -0.166. The molecule has 0 spiro atoms. The van der Waals surface area contributed by atoms with Gasteiger partial charge in [0.15, 0.2) is 0 Å². The van der Waals surface area contributed by atoms with Gasteiger partial charge in [-0.15, -0.1) is 10.2 Å². The van der Waals surface area contributed by atoms with Crippen LogP contribution in [0.3, 0.4) is 0 Å². The van der Waals surface area contributed by atoms with E-state index in [2.05, 4.69) is 10.2 Å². The number of carboxylic acid groups (broad SMARTS) is 1. The molecule has 7 heteroatoms. The number of carbonyl (C=O) groups is 1. The van der Waals surface area contributed by atoms with Crippen molar-refractivity contribution in [2.24, 2.45) is 0 Å². The lowest BCUT2D eigenvalue weighted by Crippen LogP contribution is -2.30. The lowest BCUT2D eigenvalue weighted by Gasteiger charge is -2.11. The molecule has 0 aliphatic carbocycles. The molecule has 1 atom stereocenters. The van der Waals surface area contributed by atoms with E-state index in [0.29, 0.717) is 6.54 Å². The smallest absolute Gasteiger partial charge is 0.303 e.